The fourth-order valence-electron chi connectivity index (χ4n) is 2.29. The summed E-state index contributed by atoms with van der Waals surface area (Å²) in [6.07, 6.45) is 0.861. The van der Waals surface area contributed by atoms with E-state index < -0.39 is 0 Å². The quantitative estimate of drug-likeness (QED) is 0.747. The van der Waals surface area contributed by atoms with Crippen molar-refractivity contribution in [1.82, 2.24) is 0 Å². The Kier molecular flexibility index (Phi) is 4.76. The maximum atomic E-state index is 5.58. The van der Waals surface area contributed by atoms with Gasteiger partial charge in [-0.05, 0) is 44.0 Å². The molecule has 1 aromatic heterocycles. The molecule has 1 heterocycles. The van der Waals surface area contributed by atoms with E-state index in [0.717, 1.165) is 29.4 Å². The fourth-order valence-corrected chi connectivity index (χ4v) is 3.11. The number of methoxy groups -OCH3 is 2. The Morgan fingerprint density at radius 3 is 2.35 bits per heavy atom. The minimum absolute atomic E-state index is 0.220. The predicted octanol–water partition coefficient (Wildman–Crippen LogP) is 4.59. The van der Waals surface area contributed by atoms with Crippen LogP contribution in [-0.2, 0) is 6.42 Å². The van der Waals surface area contributed by atoms with Crippen molar-refractivity contribution in [3.8, 4) is 11.5 Å². The number of ether oxygens (including phenoxy) is 2. The first-order chi connectivity index (χ1) is 9.55. The predicted molar refractivity (Wildman–Crippen MR) is 83.1 cm³/mol. The maximum Gasteiger partial charge on any atom is 0.160 e. The summed E-state index contributed by atoms with van der Waals surface area (Å²) in [5, 5.41) is 0. The van der Waals surface area contributed by atoms with Gasteiger partial charge in [-0.2, -0.15) is 0 Å². The van der Waals surface area contributed by atoms with Crippen LogP contribution >= 0.6 is 15.9 Å². The molecule has 0 saturated carbocycles. The molecule has 0 N–H and O–H groups in total. The van der Waals surface area contributed by atoms with Crippen molar-refractivity contribution in [3.63, 3.8) is 0 Å². The third-order valence-electron chi connectivity index (χ3n) is 3.28. The third-order valence-corrected chi connectivity index (χ3v) is 4.10. The number of halogens is 1. The van der Waals surface area contributed by atoms with Gasteiger partial charge in [-0.3, -0.25) is 0 Å². The van der Waals surface area contributed by atoms with Gasteiger partial charge in [0.1, 0.15) is 11.5 Å². The highest BCUT2D eigenvalue weighted by molar-refractivity contribution is 9.09. The summed E-state index contributed by atoms with van der Waals surface area (Å²) < 4.78 is 16.2. The second-order valence-corrected chi connectivity index (χ2v) is 5.83. The van der Waals surface area contributed by atoms with Gasteiger partial charge in [-0.15, -0.1) is 0 Å². The molecule has 0 radical (unpaired) electrons. The smallest absolute Gasteiger partial charge is 0.160 e. The molecule has 0 fully saturated rings. The molecule has 0 aliphatic rings. The second-order valence-electron chi connectivity index (χ2n) is 4.73. The van der Waals surface area contributed by atoms with Crippen molar-refractivity contribution in [3.05, 3.63) is 46.9 Å². The Morgan fingerprint density at radius 2 is 1.80 bits per heavy atom. The van der Waals surface area contributed by atoms with E-state index in [1.54, 1.807) is 14.2 Å². The van der Waals surface area contributed by atoms with Crippen LogP contribution in [0.3, 0.4) is 0 Å². The highest BCUT2D eigenvalue weighted by Gasteiger charge is 2.16. The Bertz CT molecular complexity index is 589. The van der Waals surface area contributed by atoms with Crippen LogP contribution in [0.2, 0.25) is 0 Å². The molecule has 108 valence electrons. The van der Waals surface area contributed by atoms with Gasteiger partial charge >= 0.3 is 0 Å². The molecule has 0 aliphatic heterocycles. The van der Waals surface area contributed by atoms with Crippen molar-refractivity contribution in [1.29, 1.82) is 0 Å². The molecule has 1 unspecified atom stereocenters. The molecule has 20 heavy (non-hydrogen) atoms. The molecule has 3 nitrogen and oxygen atoms in total. The van der Waals surface area contributed by atoms with Crippen molar-refractivity contribution in [2.24, 2.45) is 0 Å². The Morgan fingerprint density at radius 1 is 1.10 bits per heavy atom. The Hall–Kier alpha value is -1.42. The van der Waals surface area contributed by atoms with E-state index in [4.69, 9.17) is 13.9 Å². The van der Waals surface area contributed by atoms with Crippen molar-refractivity contribution in [2.75, 3.05) is 14.2 Å². The van der Waals surface area contributed by atoms with E-state index in [-0.39, 0.29) is 4.83 Å². The molecule has 4 heteroatoms. The molecular weight excluding hydrogens is 320 g/mol. The number of benzene rings is 1. The monoisotopic (exact) mass is 338 g/mol. The summed E-state index contributed by atoms with van der Waals surface area (Å²) in [7, 11) is 3.29. The molecule has 0 spiro atoms. The summed E-state index contributed by atoms with van der Waals surface area (Å²) in [6.45, 7) is 3.96. The van der Waals surface area contributed by atoms with Crippen LogP contribution in [0, 0.1) is 13.8 Å². The van der Waals surface area contributed by atoms with Crippen LogP contribution in [0.5, 0.6) is 11.5 Å². The first kappa shape index (κ1) is 15.0. The Balaban J connectivity index is 2.19. The largest absolute Gasteiger partial charge is 0.493 e. The number of hydrogen-bond acceptors (Lipinski definition) is 3. The topological polar surface area (TPSA) is 31.6 Å². The lowest BCUT2D eigenvalue weighted by molar-refractivity contribution is 0.354. The van der Waals surface area contributed by atoms with Gasteiger partial charge in [0, 0.05) is 10.4 Å². The van der Waals surface area contributed by atoms with E-state index in [1.165, 1.54) is 11.1 Å². The average molecular weight is 339 g/mol. The average Bonchev–Trinajstić information content (AvgIpc) is 2.77. The molecule has 0 amide bonds. The van der Waals surface area contributed by atoms with Crippen molar-refractivity contribution < 1.29 is 13.9 Å². The molecule has 2 aromatic rings. The summed E-state index contributed by atoms with van der Waals surface area (Å²) in [5.41, 5.74) is 2.38. The van der Waals surface area contributed by atoms with Crippen LogP contribution in [0.15, 0.2) is 28.7 Å². The first-order valence-electron chi connectivity index (χ1n) is 6.47. The summed E-state index contributed by atoms with van der Waals surface area (Å²) in [5.74, 6) is 3.40. The molecule has 0 aliphatic carbocycles. The minimum Gasteiger partial charge on any atom is -0.493 e. The van der Waals surface area contributed by atoms with Crippen molar-refractivity contribution >= 4 is 15.9 Å². The zero-order chi connectivity index (χ0) is 14.7. The molecule has 0 bridgehead atoms. The lowest BCUT2D eigenvalue weighted by Crippen LogP contribution is -1.97. The van der Waals surface area contributed by atoms with Gasteiger partial charge in [0.15, 0.2) is 11.5 Å². The summed E-state index contributed by atoms with van der Waals surface area (Å²) in [4.78, 5) is 0.220. The number of furan rings is 1. The number of alkyl halides is 1. The molecular formula is C16H19BrO3. The van der Waals surface area contributed by atoms with E-state index in [9.17, 15) is 0 Å². The van der Waals surface area contributed by atoms with E-state index >= 15 is 0 Å². The van der Waals surface area contributed by atoms with Gasteiger partial charge in [0.25, 0.3) is 0 Å². The Labute approximate surface area is 128 Å². The maximum absolute atomic E-state index is 5.58. The lowest BCUT2D eigenvalue weighted by Gasteiger charge is -2.12. The number of hydrogen-bond donors (Lipinski definition) is 0. The standard InChI is InChI=1S/C16H19BrO3/c1-10-7-13(11(2)20-10)14(17)8-12-5-6-15(18-3)16(9-12)19-4/h5-7,9,14H,8H2,1-4H3. The zero-order valence-corrected chi connectivity index (χ0v) is 13.8. The highest BCUT2D eigenvalue weighted by atomic mass is 79.9. The van der Waals surface area contributed by atoms with Crippen LogP contribution in [0.1, 0.15) is 27.5 Å². The normalized spacial score (nSPS) is 12.2. The van der Waals surface area contributed by atoms with Crippen LogP contribution in [0.4, 0.5) is 0 Å². The van der Waals surface area contributed by atoms with Crippen LogP contribution in [-0.4, -0.2) is 14.2 Å². The summed E-state index contributed by atoms with van der Waals surface area (Å²) in [6, 6.07) is 8.07. The lowest BCUT2D eigenvalue weighted by atomic mass is 10.0. The van der Waals surface area contributed by atoms with Crippen LogP contribution in [0.25, 0.3) is 0 Å². The second kappa shape index (κ2) is 6.35. The SMILES string of the molecule is COc1ccc(CC(Br)c2cc(C)oc2C)cc1OC. The highest BCUT2D eigenvalue weighted by Crippen LogP contribution is 2.34. The van der Waals surface area contributed by atoms with Gasteiger partial charge in [-0.1, -0.05) is 22.0 Å². The van der Waals surface area contributed by atoms with E-state index in [1.807, 2.05) is 26.0 Å². The van der Waals surface area contributed by atoms with Crippen LogP contribution < -0.4 is 9.47 Å². The van der Waals surface area contributed by atoms with Gasteiger partial charge in [-0.25, -0.2) is 0 Å². The first-order valence-corrected chi connectivity index (χ1v) is 7.38. The number of rotatable bonds is 5. The third kappa shape index (κ3) is 3.18. The summed E-state index contributed by atoms with van der Waals surface area (Å²) >= 11 is 3.74. The molecule has 1 atom stereocenters. The van der Waals surface area contributed by atoms with Gasteiger partial charge in [0.05, 0.1) is 14.2 Å². The van der Waals surface area contributed by atoms with Crippen molar-refractivity contribution in [2.45, 2.75) is 25.1 Å². The molecule has 2 rings (SSSR count). The zero-order valence-electron chi connectivity index (χ0n) is 12.2. The van der Waals surface area contributed by atoms with E-state index in [0.29, 0.717) is 0 Å². The van der Waals surface area contributed by atoms with Gasteiger partial charge < -0.3 is 13.9 Å². The molecule has 0 saturated heterocycles. The minimum atomic E-state index is 0.220. The number of aryl methyl sites for hydroxylation is 2. The molecule has 1 aromatic carbocycles. The van der Waals surface area contributed by atoms with Gasteiger partial charge in [0.2, 0.25) is 0 Å². The fraction of sp³-hybridized carbons (Fsp3) is 0.375. The van der Waals surface area contributed by atoms with E-state index in [2.05, 4.69) is 28.1 Å².